The number of nitrogens with zero attached hydrogens (tertiary/aromatic N) is 5. The van der Waals surface area contributed by atoms with Crippen LogP contribution in [0.1, 0.15) is 49.2 Å². The smallest absolute Gasteiger partial charge is 0.278 e. The van der Waals surface area contributed by atoms with Crippen molar-refractivity contribution in [1.29, 1.82) is 0 Å². The average Bonchev–Trinajstić information content (AvgIpc) is 3.19. The molecule has 116 valence electrons. The molecule has 0 atom stereocenters. The highest BCUT2D eigenvalue weighted by Gasteiger charge is 2.32. The first-order valence-electron chi connectivity index (χ1n) is 7.84. The van der Waals surface area contributed by atoms with Crippen LogP contribution in [-0.4, -0.2) is 37.3 Å². The van der Waals surface area contributed by atoms with Crippen LogP contribution >= 0.6 is 0 Å². The van der Waals surface area contributed by atoms with Crippen LogP contribution in [0.25, 0.3) is 11.6 Å². The summed E-state index contributed by atoms with van der Waals surface area (Å²) in [4.78, 5) is 18.4. The van der Waals surface area contributed by atoms with Crippen LogP contribution in [0.15, 0.2) is 4.52 Å². The van der Waals surface area contributed by atoms with Gasteiger partial charge in [-0.05, 0) is 12.8 Å². The summed E-state index contributed by atoms with van der Waals surface area (Å²) in [6, 6.07) is 0. The fraction of sp³-hybridized carbons (Fsp3) is 0.600. The van der Waals surface area contributed by atoms with Crippen molar-refractivity contribution < 1.29 is 9.32 Å². The molecule has 2 aliphatic rings. The van der Waals surface area contributed by atoms with Gasteiger partial charge in [-0.25, -0.2) is 0 Å². The molecular weight excluding hydrogens is 282 g/mol. The lowest BCUT2D eigenvalue weighted by atomic mass is 10.0. The summed E-state index contributed by atoms with van der Waals surface area (Å²) in [5, 5.41) is 8.62. The first-order chi connectivity index (χ1) is 10.7. The number of aryl methyl sites for hydroxylation is 1. The molecule has 2 aromatic rings. The summed E-state index contributed by atoms with van der Waals surface area (Å²) in [5.41, 5.74) is 2.92. The number of hydrogen-bond donors (Lipinski definition) is 0. The molecule has 0 bridgehead atoms. The lowest BCUT2D eigenvalue weighted by molar-refractivity contribution is -0.131. The van der Waals surface area contributed by atoms with Crippen LogP contribution < -0.4 is 0 Å². The minimum Gasteiger partial charge on any atom is -0.338 e. The van der Waals surface area contributed by atoms with Crippen molar-refractivity contribution in [2.24, 2.45) is 7.05 Å². The summed E-state index contributed by atoms with van der Waals surface area (Å²) < 4.78 is 7.29. The molecule has 1 saturated carbocycles. The summed E-state index contributed by atoms with van der Waals surface area (Å²) in [6.45, 7) is 3.21. The van der Waals surface area contributed by atoms with Gasteiger partial charge in [-0.15, -0.1) is 0 Å². The lowest BCUT2D eigenvalue weighted by Gasteiger charge is -2.27. The third kappa shape index (κ3) is 2.12. The van der Waals surface area contributed by atoms with Crippen LogP contribution in [0, 0.1) is 0 Å². The number of aromatic nitrogens is 4. The molecule has 1 fully saturated rings. The van der Waals surface area contributed by atoms with E-state index < -0.39 is 0 Å². The molecule has 0 N–H and O–H groups in total. The van der Waals surface area contributed by atoms with Gasteiger partial charge in [0, 0.05) is 50.2 Å². The molecule has 7 nitrogen and oxygen atoms in total. The van der Waals surface area contributed by atoms with Crippen molar-refractivity contribution in [3.63, 3.8) is 0 Å². The van der Waals surface area contributed by atoms with Crippen LogP contribution in [0.4, 0.5) is 0 Å². The van der Waals surface area contributed by atoms with Gasteiger partial charge in [-0.1, -0.05) is 12.1 Å². The van der Waals surface area contributed by atoms with Crippen LogP contribution in [0.3, 0.4) is 0 Å². The number of carbonyl (C=O) groups excluding carboxylic acids is 1. The van der Waals surface area contributed by atoms with Crippen molar-refractivity contribution in [2.45, 2.75) is 45.1 Å². The Morgan fingerprint density at radius 3 is 2.95 bits per heavy atom. The molecule has 1 aliphatic carbocycles. The quantitative estimate of drug-likeness (QED) is 0.861. The van der Waals surface area contributed by atoms with E-state index >= 15 is 0 Å². The fourth-order valence-corrected chi connectivity index (χ4v) is 3.04. The molecule has 22 heavy (non-hydrogen) atoms. The summed E-state index contributed by atoms with van der Waals surface area (Å²) in [6.07, 6.45) is 3.61. The van der Waals surface area contributed by atoms with Crippen LogP contribution in [-0.2, 0) is 24.8 Å². The second-order valence-electron chi connectivity index (χ2n) is 6.05. The van der Waals surface area contributed by atoms with Crippen molar-refractivity contribution in [3.8, 4) is 11.6 Å². The van der Waals surface area contributed by atoms with Crippen LogP contribution in [0.5, 0.6) is 0 Å². The fourth-order valence-electron chi connectivity index (χ4n) is 3.04. The van der Waals surface area contributed by atoms with E-state index in [2.05, 4.69) is 15.2 Å². The highest BCUT2D eigenvalue weighted by molar-refractivity contribution is 5.76. The molecule has 4 rings (SSSR count). The molecule has 0 radical (unpaired) electrons. The largest absolute Gasteiger partial charge is 0.338 e. The average molecular weight is 301 g/mol. The van der Waals surface area contributed by atoms with Gasteiger partial charge in [-0.2, -0.15) is 10.1 Å². The zero-order valence-corrected chi connectivity index (χ0v) is 12.9. The molecule has 7 heteroatoms. The predicted octanol–water partition coefficient (Wildman–Crippen LogP) is 1.64. The zero-order chi connectivity index (χ0) is 15.3. The molecule has 1 aliphatic heterocycles. The van der Waals surface area contributed by atoms with E-state index in [0.29, 0.717) is 24.8 Å². The van der Waals surface area contributed by atoms with E-state index in [9.17, 15) is 4.79 Å². The zero-order valence-electron chi connectivity index (χ0n) is 12.9. The Hall–Kier alpha value is -2.18. The Kier molecular flexibility index (Phi) is 3.02. The topological polar surface area (TPSA) is 77.1 Å². The van der Waals surface area contributed by atoms with Crippen LogP contribution in [0.2, 0.25) is 0 Å². The maximum Gasteiger partial charge on any atom is 0.278 e. The van der Waals surface area contributed by atoms with Crippen molar-refractivity contribution in [3.05, 3.63) is 17.1 Å². The third-order valence-electron chi connectivity index (χ3n) is 4.48. The summed E-state index contributed by atoms with van der Waals surface area (Å²) in [7, 11) is 1.93. The Labute approximate surface area is 128 Å². The second-order valence-corrected chi connectivity index (χ2v) is 6.05. The van der Waals surface area contributed by atoms with Gasteiger partial charge in [0.05, 0.1) is 0 Å². The molecule has 0 spiro atoms. The number of rotatable bonds is 3. The minimum atomic E-state index is 0.171. The van der Waals surface area contributed by atoms with Crippen molar-refractivity contribution in [2.75, 3.05) is 6.54 Å². The van der Waals surface area contributed by atoms with Gasteiger partial charge in [0.1, 0.15) is 0 Å². The number of amides is 1. The third-order valence-corrected chi connectivity index (χ3v) is 4.48. The van der Waals surface area contributed by atoms with E-state index in [1.807, 2.05) is 23.6 Å². The normalized spacial score (nSPS) is 17.6. The number of carbonyl (C=O) groups is 1. The Balaban J connectivity index is 1.70. The lowest BCUT2D eigenvalue weighted by Crippen LogP contribution is -2.35. The molecule has 1 amide bonds. The molecule has 0 aromatic carbocycles. The van der Waals surface area contributed by atoms with E-state index in [-0.39, 0.29) is 5.91 Å². The molecular formula is C15H19N5O2. The van der Waals surface area contributed by atoms with Gasteiger partial charge >= 0.3 is 0 Å². The van der Waals surface area contributed by atoms with Gasteiger partial charge in [-0.3, -0.25) is 9.48 Å². The SMILES string of the molecule is CCC(=O)N1CCc2c(c(-c3nc(C4CC4)no3)nn2C)C1. The first-order valence-corrected chi connectivity index (χ1v) is 7.84. The Bertz CT molecular complexity index is 728. The highest BCUT2D eigenvalue weighted by Crippen LogP contribution is 2.39. The summed E-state index contributed by atoms with van der Waals surface area (Å²) >= 11 is 0. The standard InChI is InChI=1S/C15H19N5O2/c1-3-12(21)20-7-6-11-10(8-20)13(17-19(11)2)15-16-14(18-22-15)9-4-5-9/h9H,3-8H2,1-2H3. The molecule has 0 unspecified atom stereocenters. The number of fused-ring (bicyclic) bond motifs is 1. The van der Waals surface area contributed by atoms with Crippen molar-refractivity contribution in [1.82, 2.24) is 24.8 Å². The number of hydrogen-bond acceptors (Lipinski definition) is 5. The predicted molar refractivity (Wildman–Crippen MR) is 77.9 cm³/mol. The second kappa shape index (κ2) is 4.93. The highest BCUT2D eigenvalue weighted by atomic mass is 16.5. The minimum absolute atomic E-state index is 0.171. The molecule has 0 saturated heterocycles. The molecule has 3 heterocycles. The summed E-state index contributed by atoms with van der Waals surface area (Å²) in [5.74, 6) is 1.89. The first kappa shape index (κ1) is 13.5. The Morgan fingerprint density at radius 1 is 1.41 bits per heavy atom. The maximum absolute atomic E-state index is 12.0. The molecule has 2 aromatic heterocycles. The van der Waals surface area contributed by atoms with E-state index in [1.165, 1.54) is 0 Å². The van der Waals surface area contributed by atoms with Gasteiger partial charge in [0.15, 0.2) is 11.5 Å². The van der Waals surface area contributed by atoms with Gasteiger partial charge in [0.2, 0.25) is 5.91 Å². The van der Waals surface area contributed by atoms with Crippen molar-refractivity contribution >= 4 is 5.91 Å². The maximum atomic E-state index is 12.0. The van der Waals surface area contributed by atoms with E-state index in [1.54, 1.807) is 0 Å². The van der Waals surface area contributed by atoms with Gasteiger partial charge in [0.25, 0.3) is 5.89 Å². The van der Waals surface area contributed by atoms with Gasteiger partial charge < -0.3 is 9.42 Å². The monoisotopic (exact) mass is 301 g/mol. The Morgan fingerprint density at radius 2 is 2.23 bits per heavy atom. The van der Waals surface area contributed by atoms with E-state index in [4.69, 9.17) is 4.52 Å². The van der Waals surface area contributed by atoms with E-state index in [0.717, 1.165) is 48.6 Å².